The number of methoxy groups -OCH3 is 1. The molecule has 2 aromatic rings. The third-order valence-electron chi connectivity index (χ3n) is 3.75. The predicted molar refractivity (Wildman–Crippen MR) is 96.7 cm³/mol. The summed E-state index contributed by atoms with van der Waals surface area (Å²) in [6, 6.07) is 9.72. The van der Waals surface area contributed by atoms with Crippen LogP contribution >= 0.6 is 11.6 Å². The second-order valence-electron chi connectivity index (χ2n) is 6.42. The zero-order valence-electron chi connectivity index (χ0n) is 14.6. The molecule has 25 heavy (non-hydrogen) atoms. The number of rotatable bonds is 8. The Morgan fingerprint density at radius 3 is 2.44 bits per heavy atom. The Kier molecular flexibility index (Phi) is 6.64. The van der Waals surface area contributed by atoms with Crippen LogP contribution in [0.2, 0.25) is 5.02 Å². The van der Waals surface area contributed by atoms with Crippen molar-refractivity contribution < 1.29 is 19.0 Å². The Balaban J connectivity index is 2.11. The van der Waals surface area contributed by atoms with E-state index in [4.69, 9.17) is 21.1 Å². The summed E-state index contributed by atoms with van der Waals surface area (Å²) in [5.74, 6) is 0.675. The lowest BCUT2D eigenvalue weighted by Crippen LogP contribution is -2.42. The number of hydrogen-bond acceptors (Lipinski definition) is 4. The molecule has 0 unspecified atom stereocenters. The van der Waals surface area contributed by atoms with E-state index in [0.29, 0.717) is 23.1 Å². The highest BCUT2D eigenvalue weighted by Gasteiger charge is 2.17. The summed E-state index contributed by atoms with van der Waals surface area (Å²) < 4.78 is 24.1. The molecule has 0 saturated heterocycles. The number of halogens is 2. The third kappa shape index (κ3) is 5.59. The van der Waals surface area contributed by atoms with Gasteiger partial charge in [0.1, 0.15) is 12.4 Å². The van der Waals surface area contributed by atoms with Gasteiger partial charge in [-0.2, -0.15) is 0 Å². The van der Waals surface area contributed by atoms with Gasteiger partial charge in [0, 0.05) is 12.1 Å². The van der Waals surface area contributed by atoms with E-state index in [2.05, 4.69) is 5.32 Å². The lowest BCUT2D eigenvalue weighted by atomic mass is 10.1. The van der Waals surface area contributed by atoms with Crippen LogP contribution in [0.25, 0.3) is 0 Å². The summed E-state index contributed by atoms with van der Waals surface area (Å²) in [5, 5.41) is 13.0. The molecule has 6 heteroatoms. The maximum Gasteiger partial charge on any atom is 0.180 e. The van der Waals surface area contributed by atoms with Gasteiger partial charge in [-0.05, 0) is 49.2 Å². The molecule has 0 bridgehead atoms. The van der Waals surface area contributed by atoms with E-state index in [1.807, 2.05) is 19.9 Å². The minimum atomic E-state index is -0.391. The molecule has 4 nitrogen and oxygen atoms in total. The van der Waals surface area contributed by atoms with Gasteiger partial charge in [0.25, 0.3) is 0 Å². The summed E-state index contributed by atoms with van der Waals surface area (Å²) in [6.45, 7) is 4.63. The van der Waals surface area contributed by atoms with Crippen molar-refractivity contribution in [1.82, 2.24) is 5.32 Å². The molecule has 0 radical (unpaired) electrons. The van der Waals surface area contributed by atoms with Crippen molar-refractivity contribution in [2.24, 2.45) is 0 Å². The first-order valence-electron chi connectivity index (χ1n) is 7.94. The van der Waals surface area contributed by atoms with Gasteiger partial charge in [-0.3, -0.25) is 0 Å². The van der Waals surface area contributed by atoms with Gasteiger partial charge < -0.3 is 19.9 Å². The lowest BCUT2D eigenvalue weighted by molar-refractivity contribution is 0.187. The molecule has 0 saturated carbocycles. The number of hydrogen-bond donors (Lipinski definition) is 2. The maximum atomic E-state index is 13.0. The Labute approximate surface area is 152 Å². The van der Waals surface area contributed by atoms with Crippen LogP contribution in [0.3, 0.4) is 0 Å². The zero-order chi connectivity index (χ0) is 18.4. The fourth-order valence-electron chi connectivity index (χ4n) is 2.15. The summed E-state index contributed by atoms with van der Waals surface area (Å²) in [6.07, 6.45) is 0. The molecule has 2 aromatic carbocycles. The Morgan fingerprint density at radius 1 is 1.16 bits per heavy atom. The van der Waals surface area contributed by atoms with Crippen molar-refractivity contribution >= 4 is 11.6 Å². The molecule has 0 heterocycles. The largest absolute Gasteiger partial charge is 0.493 e. The van der Waals surface area contributed by atoms with Crippen molar-refractivity contribution in [2.75, 3.05) is 13.7 Å². The predicted octanol–water partition coefficient (Wildman–Crippen LogP) is 3.93. The Morgan fingerprint density at radius 2 is 1.84 bits per heavy atom. The van der Waals surface area contributed by atoms with Gasteiger partial charge in [-0.15, -0.1) is 0 Å². The maximum absolute atomic E-state index is 13.0. The fraction of sp³-hybridized carbons (Fsp3) is 0.368. The van der Waals surface area contributed by atoms with Crippen LogP contribution in [0.1, 0.15) is 25.0 Å². The van der Waals surface area contributed by atoms with E-state index in [0.717, 1.165) is 11.1 Å². The van der Waals surface area contributed by atoms with E-state index in [1.54, 1.807) is 25.3 Å². The Bertz CT molecular complexity index is 705. The van der Waals surface area contributed by atoms with Crippen molar-refractivity contribution in [3.8, 4) is 11.5 Å². The van der Waals surface area contributed by atoms with Crippen molar-refractivity contribution in [3.05, 3.63) is 58.4 Å². The van der Waals surface area contributed by atoms with E-state index < -0.39 is 5.54 Å². The molecule has 0 spiro atoms. The molecule has 2 N–H and O–H groups in total. The summed E-state index contributed by atoms with van der Waals surface area (Å²) in [5.41, 5.74) is 1.35. The molecular formula is C19H23ClFNO3. The number of ether oxygens (including phenoxy) is 2. The first kappa shape index (κ1) is 19.5. The van der Waals surface area contributed by atoms with Crippen LogP contribution in [0.15, 0.2) is 36.4 Å². The summed E-state index contributed by atoms with van der Waals surface area (Å²) >= 11 is 6.35. The van der Waals surface area contributed by atoms with Gasteiger partial charge in [0.15, 0.2) is 11.5 Å². The van der Waals surface area contributed by atoms with E-state index in [1.165, 1.54) is 12.1 Å². The number of benzene rings is 2. The molecule has 2 rings (SSSR count). The quantitative estimate of drug-likeness (QED) is 0.742. The molecule has 0 aliphatic heterocycles. The van der Waals surface area contributed by atoms with Gasteiger partial charge in [0.2, 0.25) is 0 Å². The lowest BCUT2D eigenvalue weighted by Gasteiger charge is -2.24. The SMILES string of the molecule is COc1cc(CNC(C)(C)CO)cc(Cl)c1OCc1ccc(F)cc1. The number of nitrogens with one attached hydrogen (secondary N) is 1. The van der Waals surface area contributed by atoms with E-state index >= 15 is 0 Å². The third-order valence-corrected chi connectivity index (χ3v) is 4.03. The monoisotopic (exact) mass is 367 g/mol. The fourth-order valence-corrected chi connectivity index (χ4v) is 2.44. The molecule has 0 aliphatic carbocycles. The molecular weight excluding hydrogens is 345 g/mol. The molecule has 136 valence electrons. The van der Waals surface area contributed by atoms with Gasteiger partial charge in [-0.25, -0.2) is 4.39 Å². The van der Waals surface area contributed by atoms with Crippen LogP contribution in [-0.2, 0) is 13.2 Å². The minimum absolute atomic E-state index is 0.0245. The van der Waals surface area contributed by atoms with Gasteiger partial charge in [0.05, 0.1) is 18.7 Å². The average Bonchev–Trinajstić information content (AvgIpc) is 2.60. The van der Waals surface area contributed by atoms with Crippen LogP contribution in [0.5, 0.6) is 11.5 Å². The normalized spacial score (nSPS) is 11.4. The van der Waals surface area contributed by atoms with Crippen molar-refractivity contribution in [1.29, 1.82) is 0 Å². The highest BCUT2D eigenvalue weighted by molar-refractivity contribution is 6.32. The van der Waals surface area contributed by atoms with Crippen molar-refractivity contribution in [3.63, 3.8) is 0 Å². The minimum Gasteiger partial charge on any atom is -0.493 e. The first-order chi connectivity index (χ1) is 11.8. The Hall–Kier alpha value is -1.82. The highest BCUT2D eigenvalue weighted by Crippen LogP contribution is 2.37. The standard InChI is InChI=1S/C19H23ClFNO3/c1-19(2,12-23)22-10-14-8-16(20)18(17(9-14)24-3)25-11-13-4-6-15(21)7-5-13/h4-9,22-23H,10-12H2,1-3H3. The number of aliphatic hydroxyl groups excluding tert-OH is 1. The topological polar surface area (TPSA) is 50.7 Å². The van der Waals surface area contributed by atoms with Gasteiger partial charge in [-0.1, -0.05) is 23.7 Å². The average molecular weight is 368 g/mol. The van der Waals surface area contributed by atoms with E-state index in [9.17, 15) is 9.50 Å². The number of aliphatic hydroxyl groups is 1. The molecule has 0 atom stereocenters. The van der Waals surface area contributed by atoms with Crippen LogP contribution in [0, 0.1) is 5.82 Å². The van der Waals surface area contributed by atoms with Crippen LogP contribution in [0.4, 0.5) is 4.39 Å². The molecule has 0 aromatic heterocycles. The zero-order valence-corrected chi connectivity index (χ0v) is 15.4. The molecule has 0 amide bonds. The van der Waals surface area contributed by atoms with E-state index in [-0.39, 0.29) is 19.0 Å². The van der Waals surface area contributed by atoms with Crippen LogP contribution in [-0.4, -0.2) is 24.4 Å². The first-order valence-corrected chi connectivity index (χ1v) is 8.32. The summed E-state index contributed by atoms with van der Waals surface area (Å²) in [7, 11) is 1.55. The second-order valence-corrected chi connectivity index (χ2v) is 6.83. The smallest absolute Gasteiger partial charge is 0.180 e. The van der Waals surface area contributed by atoms with Gasteiger partial charge >= 0.3 is 0 Å². The molecule has 0 aliphatic rings. The highest BCUT2D eigenvalue weighted by atomic mass is 35.5. The second kappa shape index (κ2) is 8.52. The van der Waals surface area contributed by atoms with Crippen LogP contribution < -0.4 is 14.8 Å². The molecule has 0 fully saturated rings. The summed E-state index contributed by atoms with van der Waals surface area (Å²) in [4.78, 5) is 0. The van der Waals surface area contributed by atoms with Crippen molar-refractivity contribution in [2.45, 2.75) is 32.5 Å².